The molecule has 0 spiro atoms. The average molecular weight is 343 g/mol. The predicted molar refractivity (Wildman–Crippen MR) is 85.1 cm³/mol. The maximum absolute atomic E-state index is 13.2. The van der Waals surface area contributed by atoms with Crippen molar-refractivity contribution in [2.75, 3.05) is 18.6 Å². The van der Waals surface area contributed by atoms with Crippen LogP contribution in [0.2, 0.25) is 0 Å². The van der Waals surface area contributed by atoms with E-state index < -0.39 is 22.0 Å². The van der Waals surface area contributed by atoms with Crippen molar-refractivity contribution < 1.29 is 22.7 Å². The number of carbonyl (C=O) groups excluding carboxylic acids is 1. The summed E-state index contributed by atoms with van der Waals surface area (Å²) in [4.78, 5) is 13.6. The second kappa shape index (κ2) is 6.97. The number of hydrogen-bond acceptors (Lipinski definition) is 4. The number of rotatable bonds is 5. The third-order valence-electron chi connectivity index (χ3n) is 4.18. The molecule has 1 aromatic rings. The van der Waals surface area contributed by atoms with Gasteiger partial charge in [-0.25, -0.2) is 12.8 Å². The molecule has 0 aromatic heterocycles. The lowest BCUT2D eigenvalue weighted by molar-refractivity contribution is -0.134. The van der Waals surface area contributed by atoms with E-state index in [0.29, 0.717) is 6.42 Å². The molecule has 7 heteroatoms. The highest BCUT2D eigenvalue weighted by atomic mass is 32.2. The van der Waals surface area contributed by atoms with Gasteiger partial charge in [0.1, 0.15) is 5.82 Å². The number of aliphatic hydroxyl groups excluding tert-OH is 1. The third kappa shape index (κ3) is 4.75. The van der Waals surface area contributed by atoms with Crippen LogP contribution in [0.15, 0.2) is 24.3 Å². The van der Waals surface area contributed by atoms with Gasteiger partial charge in [-0.05, 0) is 30.0 Å². The molecule has 1 fully saturated rings. The van der Waals surface area contributed by atoms with Crippen molar-refractivity contribution in [3.05, 3.63) is 35.6 Å². The van der Waals surface area contributed by atoms with Crippen LogP contribution in [0.1, 0.15) is 18.9 Å². The zero-order valence-corrected chi connectivity index (χ0v) is 14.1. The van der Waals surface area contributed by atoms with E-state index in [-0.39, 0.29) is 35.6 Å². The van der Waals surface area contributed by atoms with E-state index in [9.17, 15) is 22.7 Å². The number of nitrogens with zero attached hydrogens (tertiary/aromatic N) is 1. The lowest BCUT2D eigenvalue weighted by Crippen LogP contribution is -2.44. The Morgan fingerprint density at radius 2 is 2.13 bits per heavy atom. The number of likely N-dealkylation sites (N-methyl/N-ethyl adjacent to an activating group) is 1. The fraction of sp³-hybridized carbons (Fsp3) is 0.562. The minimum absolute atomic E-state index is 0.0121. The van der Waals surface area contributed by atoms with Crippen LogP contribution in [0.5, 0.6) is 0 Å². The first-order chi connectivity index (χ1) is 10.7. The molecule has 1 aliphatic heterocycles. The quantitative estimate of drug-likeness (QED) is 0.866. The highest BCUT2D eigenvalue weighted by Gasteiger charge is 2.40. The zero-order chi connectivity index (χ0) is 17.2. The topological polar surface area (TPSA) is 74.7 Å². The normalized spacial score (nSPS) is 24.3. The van der Waals surface area contributed by atoms with Crippen molar-refractivity contribution in [3.63, 3.8) is 0 Å². The van der Waals surface area contributed by atoms with Gasteiger partial charge >= 0.3 is 0 Å². The maximum Gasteiger partial charge on any atom is 0.222 e. The number of hydrogen-bond donors (Lipinski definition) is 1. The minimum atomic E-state index is -3.29. The molecule has 5 nitrogen and oxygen atoms in total. The fourth-order valence-corrected chi connectivity index (χ4v) is 4.79. The molecule has 23 heavy (non-hydrogen) atoms. The first-order valence-electron chi connectivity index (χ1n) is 7.56. The molecule has 1 aliphatic rings. The Morgan fingerprint density at radius 3 is 2.70 bits per heavy atom. The van der Waals surface area contributed by atoms with Gasteiger partial charge in [-0.1, -0.05) is 19.1 Å². The van der Waals surface area contributed by atoms with Crippen LogP contribution < -0.4 is 0 Å². The van der Waals surface area contributed by atoms with Crippen LogP contribution in [-0.4, -0.2) is 55.0 Å². The summed E-state index contributed by atoms with van der Waals surface area (Å²) in [6, 6.07) is 5.56. The van der Waals surface area contributed by atoms with Crippen LogP contribution in [0.4, 0.5) is 4.39 Å². The molecule has 0 saturated carbocycles. The van der Waals surface area contributed by atoms with Crippen LogP contribution in [0.25, 0.3) is 0 Å². The van der Waals surface area contributed by atoms with E-state index in [0.717, 1.165) is 5.56 Å². The first-order valence-corrected chi connectivity index (χ1v) is 9.38. The molecular formula is C16H22FNO4S. The van der Waals surface area contributed by atoms with Crippen molar-refractivity contribution in [2.45, 2.75) is 31.9 Å². The first kappa shape index (κ1) is 17.9. The Hall–Kier alpha value is -1.47. The van der Waals surface area contributed by atoms with E-state index in [4.69, 9.17) is 0 Å². The summed E-state index contributed by atoms with van der Waals surface area (Å²) < 4.78 is 36.2. The van der Waals surface area contributed by atoms with Crippen molar-refractivity contribution in [1.29, 1.82) is 0 Å². The molecule has 1 amide bonds. The number of carbonyl (C=O) groups is 1. The molecule has 1 saturated heterocycles. The van der Waals surface area contributed by atoms with Crippen LogP contribution >= 0.6 is 0 Å². The van der Waals surface area contributed by atoms with Crippen LogP contribution in [0, 0.1) is 11.7 Å². The van der Waals surface area contributed by atoms with Gasteiger partial charge in [-0.2, -0.15) is 0 Å². The van der Waals surface area contributed by atoms with Gasteiger partial charge in [-0.15, -0.1) is 0 Å². The van der Waals surface area contributed by atoms with Crippen molar-refractivity contribution in [3.8, 4) is 0 Å². The zero-order valence-electron chi connectivity index (χ0n) is 13.3. The summed E-state index contributed by atoms with van der Waals surface area (Å²) in [6.45, 7) is 1.89. The minimum Gasteiger partial charge on any atom is -0.390 e. The maximum atomic E-state index is 13.2. The average Bonchev–Trinajstić information content (AvgIpc) is 2.70. The number of aliphatic hydroxyl groups is 1. The smallest absolute Gasteiger partial charge is 0.222 e. The van der Waals surface area contributed by atoms with E-state index in [1.807, 2.05) is 6.92 Å². The number of sulfone groups is 1. The SMILES string of the molecule is CC(CC(=O)N(C)[C@@H]1CS(=O)(=O)C[C@H]1O)Cc1cccc(F)c1. The largest absolute Gasteiger partial charge is 0.390 e. The molecule has 1 heterocycles. The molecule has 0 radical (unpaired) electrons. The van der Waals surface area contributed by atoms with Gasteiger partial charge in [0.05, 0.1) is 23.7 Å². The molecule has 1 N–H and O–H groups in total. The van der Waals surface area contributed by atoms with Gasteiger partial charge in [-0.3, -0.25) is 4.79 Å². The number of benzene rings is 1. The van der Waals surface area contributed by atoms with Gasteiger partial charge in [0.15, 0.2) is 9.84 Å². The summed E-state index contributed by atoms with van der Waals surface area (Å²) in [7, 11) is -1.77. The summed E-state index contributed by atoms with van der Waals surface area (Å²) in [5.41, 5.74) is 0.816. The second-order valence-electron chi connectivity index (χ2n) is 6.36. The van der Waals surface area contributed by atoms with Crippen molar-refractivity contribution in [2.24, 2.45) is 5.92 Å². The molecule has 0 aliphatic carbocycles. The van der Waals surface area contributed by atoms with Crippen molar-refractivity contribution in [1.82, 2.24) is 4.90 Å². The summed E-state index contributed by atoms with van der Waals surface area (Å²) >= 11 is 0. The lowest BCUT2D eigenvalue weighted by atomic mass is 9.97. The Balaban J connectivity index is 1.93. The molecule has 3 atom stereocenters. The summed E-state index contributed by atoms with van der Waals surface area (Å²) in [5.74, 6) is -1.03. The van der Waals surface area contributed by atoms with Gasteiger partial charge in [0.25, 0.3) is 0 Å². The van der Waals surface area contributed by atoms with E-state index in [1.165, 1.54) is 24.1 Å². The Bertz CT molecular complexity index is 676. The van der Waals surface area contributed by atoms with Gasteiger partial charge < -0.3 is 10.0 Å². The molecule has 0 bridgehead atoms. The van der Waals surface area contributed by atoms with E-state index in [2.05, 4.69) is 0 Å². The molecule has 128 valence electrons. The number of halogens is 1. The van der Waals surface area contributed by atoms with Crippen LogP contribution in [-0.2, 0) is 21.1 Å². The van der Waals surface area contributed by atoms with Gasteiger partial charge in [0.2, 0.25) is 5.91 Å². The van der Waals surface area contributed by atoms with E-state index in [1.54, 1.807) is 12.1 Å². The standard InChI is InChI=1S/C16H22FNO4S/c1-11(6-12-4-3-5-13(17)8-12)7-16(20)18(2)14-9-23(21,22)10-15(14)19/h3-5,8,11,14-15,19H,6-7,9-10H2,1-2H3/t11?,14-,15-/m1/s1. The summed E-state index contributed by atoms with van der Waals surface area (Å²) in [5, 5.41) is 9.83. The highest BCUT2D eigenvalue weighted by Crippen LogP contribution is 2.20. The van der Waals surface area contributed by atoms with Gasteiger partial charge in [0, 0.05) is 13.5 Å². The number of amides is 1. The lowest BCUT2D eigenvalue weighted by Gasteiger charge is -2.27. The monoisotopic (exact) mass is 343 g/mol. The molecule has 2 rings (SSSR count). The Labute approximate surface area is 136 Å². The molecular weight excluding hydrogens is 321 g/mol. The van der Waals surface area contributed by atoms with E-state index >= 15 is 0 Å². The molecule has 1 aromatic carbocycles. The Morgan fingerprint density at radius 1 is 1.43 bits per heavy atom. The second-order valence-corrected chi connectivity index (χ2v) is 8.51. The predicted octanol–water partition coefficient (Wildman–Crippen LogP) is 1.01. The summed E-state index contributed by atoms with van der Waals surface area (Å²) in [6.07, 6.45) is -0.258. The highest BCUT2D eigenvalue weighted by molar-refractivity contribution is 7.91. The Kier molecular flexibility index (Phi) is 5.41. The van der Waals surface area contributed by atoms with Crippen LogP contribution in [0.3, 0.4) is 0 Å². The molecule has 1 unspecified atom stereocenters. The fourth-order valence-electron chi connectivity index (χ4n) is 2.95. The van der Waals surface area contributed by atoms with Crippen molar-refractivity contribution >= 4 is 15.7 Å². The third-order valence-corrected chi connectivity index (χ3v) is 5.88.